The van der Waals surface area contributed by atoms with Crippen LogP contribution in [0.2, 0.25) is 0 Å². The summed E-state index contributed by atoms with van der Waals surface area (Å²) in [6, 6.07) is 5.28. The number of hydrogen-bond donors (Lipinski definition) is 3. The van der Waals surface area contributed by atoms with E-state index in [2.05, 4.69) is 36.5 Å². The van der Waals surface area contributed by atoms with E-state index in [-0.39, 0.29) is 11.9 Å². The lowest BCUT2D eigenvalue weighted by atomic mass is 10.0. The van der Waals surface area contributed by atoms with Crippen molar-refractivity contribution in [3.05, 3.63) is 23.9 Å². The molecule has 0 aliphatic carbocycles. The summed E-state index contributed by atoms with van der Waals surface area (Å²) in [6.45, 7) is 6.22. The van der Waals surface area contributed by atoms with Crippen LogP contribution in [0, 0.1) is 5.92 Å². The monoisotopic (exact) mass is 236 g/mol. The molecular formula is C12H20N4O. The van der Waals surface area contributed by atoms with Gasteiger partial charge in [-0.1, -0.05) is 26.8 Å². The van der Waals surface area contributed by atoms with Crippen LogP contribution in [0.4, 0.5) is 5.82 Å². The molecule has 17 heavy (non-hydrogen) atoms. The molecule has 1 unspecified atom stereocenters. The molecule has 0 aromatic carbocycles. The molecule has 0 aliphatic heterocycles. The second-order valence-electron chi connectivity index (χ2n) is 4.28. The Bertz CT molecular complexity index is 379. The summed E-state index contributed by atoms with van der Waals surface area (Å²) in [6.07, 6.45) is 0.901. The van der Waals surface area contributed by atoms with Crippen molar-refractivity contribution in [1.82, 2.24) is 10.3 Å². The minimum absolute atomic E-state index is 0.164. The van der Waals surface area contributed by atoms with Gasteiger partial charge in [-0.25, -0.2) is 10.8 Å². The second kappa shape index (κ2) is 6.20. The number of carbonyl (C=O) groups is 1. The van der Waals surface area contributed by atoms with Crippen molar-refractivity contribution >= 4 is 11.7 Å². The highest BCUT2D eigenvalue weighted by atomic mass is 16.1. The summed E-state index contributed by atoms with van der Waals surface area (Å²) in [5, 5.41) is 2.96. The topological polar surface area (TPSA) is 80.0 Å². The number of nitrogen functional groups attached to an aromatic ring is 1. The minimum atomic E-state index is -0.164. The molecule has 94 valence electrons. The molecule has 1 aromatic rings. The van der Waals surface area contributed by atoms with E-state index in [1.54, 1.807) is 18.2 Å². The molecule has 4 N–H and O–H groups in total. The highest BCUT2D eigenvalue weighted by Crippen LogP contribution is 2.08. The van der Waals surface area contributed by atoms with Crippen LogP contribution in [0.1, 0.15) is 37.7 Å². The molecule has 0 aliphatic rings. The Balaban J connectivity index is 2.75. The van der Waals surface area contributed by atoms with Crippen LogP contribution in [0.5, 0.6) is 0 Å². The lowest BCUT2D eigenvalue weighted by Gasteiger charge is -2.20. The Morgan fingerprint density at radius 2 is 2.18 bits per heavy atom. The fourth-order valence-corrected chi connectivity index (χ4v) is 1.62. The van der Waals surface area contributed by atoms with Crippen LogP contribution in [0.25, 0.3) is 0 Å². The number of anilines is 1. The van der Waals surface area contributed by atoms with E-state index in [4.69, 9.17) is 5.84 Å². The van der Waals surface area contributed by atoms with Crippen LogP contribution < -0.4 is 16.6 Å². The van der Waals surface area contributed by atoms with Gasteiger partial charge in [0.05, 0.1) is 0 Å². The predicted octanol–water partition coefficient (Wildman–Crippen LogP) is 1.53. The van der Waals surface area contributed by atoms with E-state index in [0.29, 0.717) is 17.4 Å². The third-order valence-corrected chi connectivity index (χ3v) is 2.69. The van der Waals surface area contributed by atoms with E-state index in [9.17, 15) is 4.79 Å². The van der Waals surface area contributed by atoms with Crippen LogP contribution in [-0.4, -0.2) is 16.9 Å². The number of hydrazine groups is 1. The van der Waals surface area contributed by atoms with Crippen LogP contribution in [0.3, 0.4) is 0 Å². The number of hydrogen-bond acceptors (Lipinski definition) is 4. The number of aromatic nitrogens is 1. The van der Waals surface area contributed by atoms with Crippen molar-refractivity contribution in [3.63, 3.8) is 0 Å². The van der Waals surface area contributed by atoms with E-state index in [1.807, 2.05) is 0 Å². The van der Waals surface area contributed by atoms with Gasteiger partial charge in [0.1, 0.15) is 11.5 Å². The van der Waals surface area contributed by atoms with E-state index >= 15 is 0 Å². The number of nitrogens with zero attached hydrogens (tertiary/aromatic N) is 1. The molecule has 0 radical (unpaired) electrons. The third-order valence-electron chi connectivity index (χ3n) is 2.69. The molecular weight excluding hydrogens is 216 g/mol. The first-order valence-corrected chi connectivity index (χ1v) is 5.83. The summed E-state index contributed by atoms with van der Waals surface area (Å²) in [5.41, 5.74) is 2.80. The lowest BCUT2D eigenvalue weighted by molar-refractivity contribution is 0.0919. The molecule has 1 atom stereocenters. The summed E-state index contributed by atoms with van der Waals surface area (Å²) < 4.78 is 0. The molecule has 0 fully saturated rings. The molecule has 1 aromatic heterocycles. The van der Waals surface area contributed by atoms with E-state index in [0.717, 1.165) is 6.42 Å². The highest BCUT2D eigenvalue weighted by Gasteiger charge is 2.16. The summed E-state index contributed by atoms with van der Waals surface area (Å²) in [4.78, 5) is 16.0. The maximum Gasteiger partial charge on any atom is 0.270 e. The largest absolute Gasteiger partial charge is 0.348 e. The van der Waals surface area contributed by atoms with E-state index in [1.165, 1.54) is 0 Å². The minimum Gasteiger partial charge on any atom is -0.348 e. The number of carbonyl (C=O) groups excluding carboxylic acids is 1. The van der Waals surface area contributed by atoms with Gasteiger partial charge in [-0.3, -0.25) is 4.79 Å². The Morgan fingerprint density at radius 1 is 1.47 bits per heavy atom. The van der Waals surface area contributed by atoms with Gasteiger partial charge in [0.15, 0.2) is 0 Å². The van der Waals surface area contributed by atoms with Gasteiger partial charge in [-0.2, -0.15) is 0 Å². The van der Waals surface area contributed by atoms with Gasteiger partial charge in [-0.05, 0) is 24.5 Å². The molecule has 1 heterocycles. The maximum absolute atomic E-state index is 11.9. The lowest BCUT2D eigenvalue weighted by Crippen LogP contribution is -2.38. The maximum atomic E-state index is 11.9. The smallest absolute Gasteiger partial charge is 0.270 e. The van der Waals surface area contributed by atoms with Crippen molar-refractivity contribution in [2.24, 2.45) is 11.8 Å². The normalized spacial score (nSPS) is 12.3. The summed E-state index contributed by atoms with van der Waals surface area (Å²) >= 11 is 0. The predicted molar refractivity (Wildman–Crippen MR) is 68.4 cm³/mol. The average molecular weight is 236 g/mol. The molecule has 0 saturated heterocycles. The van der Waals surface area contributed by atoms with Gasteiger partial charge in [0.2, 0.25) is 0 Å². The number of pyridine rings is 1. The number of rotatable bonds is 5. The SMILES string of the molecule is CCC(NC(=O)c1cccc(NN)n1)C(C)C. The molecule has 0 bridgehead atoms. The Labute approximate surface area is 102 Å². The van der Waals surface area contributed by atoms with Crippen molar-refractivity contribution in [1.29, 1.82) is 0 Å². The fraction of sp³-hybridized carbons (Fsp3) is 0.500. The summed E-state index contributed by atoms with van der Waals surface area (Å²) in [5.74, 6) is 5.97. The molecule has 0 saturated carbocycles. The summed E-state index contributed by atoms with van der Waals surface area (Å²) in [7, 11) is 0. The third kappa shape index (κ3) is 3.71. The van der Waals surface area contributed by atoms with Crippen LogP contribution in [-0.2, 0) is 0 Å². The van der Waals surface area contributed by atoms with Crippen molar-refractivity contribution < 1.29 is 4.79 Å². The van der Waals surface area contributed by atoms with Gasteiger partial charge >= 0.3 is 0 Å². The molecule has 5 nitrogen and oxygen atoms in total. The Morgan fingerprint density at radius 3 is 2.71 bits per heavy atom. The molecule has 1 amide bonds. The molecule has 1 rings (SSSR count). The first-order valence-electron chi connectivity index (χ1n) is 5.83. The first-order chi connectivity index (χ1) is 8.08. The van der Waals surface area contributed by atoms with Crippen molar-refractivity contribution in [2.45, 2.75) is 33.2 Å². The van der Waals surface area contributed by atoms with Crippen molar-refractivity contribution in [3.8, 4) is 0 Å². The Hall–Kier alpha value is -1.62. The second-order valence-corrected chi connectivity index (χ2v) is 4.28. The van der Waals surface area contributed by atoms with Crippen LogP contribution >= 0.6 is 0 Å². The average Bonchev–Trinajstić information content (AvgIpc) is 2.35. The fourth-order valence-electron chi connectivity index (χ4n) is 1.62. The van der Waals surface area contributed by atoms with E-state index < -0.39 is 0 Å². The van der Waals surface area contributed by atoms with Crippen LogP contribution in [0.15, 0.2) is 18.2 Å². The Kier molecular flexibility index (Phi) is 4.90. The standard InChI is InChI=1S/C12H20N4O/c1-4-9(8(2)3)15-12(17)10-6-5-7-11(14-10)16-13/h5-9H,4,13H2,1-3H3,(H,14,16)(H,15,17). The zero-order valence-corrected chi connectivity index (χ0v) is 10.5. The quantitative estimate of drug-likeness (QED) is 0.535. The van der Waals surface area contributed by atoms with Gasteiger partial charge in [0, 0.05) is 6.04 Å². The van der Waals surface area contributed by atoms with Crippen molar-refractivity contribution in [2.75, 3.05) is 5.43 Å². The van der Waals surface area contributed by atoms with Gasteiger partial charge in [-0.15, -0.1) is 0 Å². The molecule has 5 heteroatoms. The molecule has 0 spiro atoms. The zero-order chi connectivity index (χ0) is 12.8. The van der Waals surface area contributed by atoms with Gasteiger partial charge in [0.25, 0.3) is 5.91 Å². The first kappa shape index (κ1) is 13.4. The number of nitrogens with one attached hydrogen (secondary N) is 2. The zero-order valence-electron chi connectivity index (χ0n) is 10.5. The highest BCUT2D eigenvalue weighted by molar-refractivity contribution is 5.92. The number of nitrogens with two attached hydrogens (primary N) is 1. The van der Waals surface area contributed by atoms with Gasteiger partial charge < -0.3 is 10.7 Å². The number of amides is 1.